The summed E-state index contributed by atoms with van der Waals surface area (Å²) in [6.07, 6.45) is 2.70. The largest absolute Gasteiger partial charge is 0.486 e. The highest BCUT2D eigenvalue weighted by atomic mass is 35.5. The summed E-state index contributed by atoms with van der Waals surface area (Å²) in [5.74, 6) is -1.02. The topological polar surface area (TPSA) is 148 Å². The van der Waals surface area contributed by atoms with E-state index in [0.717, 1.165) is 4.31 Å². The highest BCUT2D eigenvalue weighted by Gasteiger charge is 2.37. The molecule has 0 saturated carbocycles. The van der Waals surface area contributed by atoms with Gasteiger partial charge in [-0.1, -0.05) is 41.4 Å². The minimum absolute atomic E-state index is 0.0580. The van der Waals surface area contributed by atoms with Crippen LogP contribution in [0.15, 0.2) is 62.8 Å². The van der Waals surface area contributed by atoms with E-state index in [1.165, 1.54) is 24.4 Å². The molecule has 0 amide bonds. The van der Waals surface area contributed by atoms with E-state index in [1.54, 1.807) is 37.3 Å². The van der Waals surface area contributed by atoms with E-state index in [0.29, 0.717) is 11.1 Å². The zero-order valence-electron chi connectivity index (χ0n) is 22.6. The molecule has 43 heavy (non-hydrogen) atoms. The number of hydrogen-bond acceptors (Lipinski definition) is 9. The van der Waals surface area contributed by atoms with Crippen molar-refractivity contribution in [2.75, 3.05) is 24.1 Å². The highest BCUT2D eigenvalue weighted by molar-refractivity contribution is 7.93. The van der Waals surface area contributed by atoms with Crippen molar-refractivity contribution in [3.63, 3.8) is 0 Å². The number of H-pyrrole nitrogens is 1. The van der Waals surface area contributed by atoms with Gasteiger partial charge in [0.25, 0.3) is 10.0 Å². The van der Waals surface area contributed by atoms with Gasteiger partial charge in [-0.2, -0.15) is 0 Å². The van der Waals surface area contributed by atoms with E-state index in [2.05, 4.69) is 15.2 Å². The lowest BCUT2D eigenvalue weighted by Gasteiger charge is -2.35. The molecule has 11 nitrogen and oxygen atoms in total. The predicted molar refractivity (Wildman–Crippen MR) is 158 cm³/mol. The van der Waals surface area contributed by atoms with Crippen LogP contribution in [0.4, 0.5) is 10.1 Å². The molecule has 0 aliphatic carbocycles. The first-order valence-corrected chi connectivity index (χ1v) is 15.2. The van der Waals surface area contributed by atoms with Crippen molar-refractivity contribution in [1.29, 1.82) is 0 Å². The first-order chi connectivity index (χ1) is 20.6. The average molecular weight is 652 g/mol. The number of nitrogens with one attached hydrogen (secondary N) is 1. The number of aliphatic hydroxyl groups excluding tert-OH is 1. The number of rotatable bonds is 10. The predicted octanol–water partition coefficient (Wildman–Crippen LogP) is 4.72. The molecule has 226 valence electrons. The summed E-state index contributed by atoms with van der Waals surface area (Å²) < 4.78 is 60.7. The number of halogens is 3. The van der Waals surface area contributed by atoms with Gasteiger partial charge in [-0.05, 0) is 54.8 Å². The van der Waals surface area contributed by atoms with E-state index in [9.17, 15) is 22.7 Å². The zero-order chi connectivity index (χ0) is 30.7. The van der Waals surface area contributed by atoms with Crippen LogP contribution in [0, 0.1) is 5.82 Å². The fourth-order valence-corrected chi connectivity index (χ4v) is 6.75. The van der Waals surface area contributed by atoms with Crippen molar-refractivity contribution in [3.05, 3.63) is 92.1 Å². The molecule has 0 fully saturated rings. The Kier molecular flexibility index (Phi) is 9.06. The number of aliphatic hydroxyl groups is 1. The van der Waals surface area contributed by atoms with E-state index < -0.39 is 27.7 Å². The van der Waals surface area contributed by atoms with Crippen LogP contribution < -0.4 is 19.5 Å². The first kappa shape index (κ1) is 30.5. The number of anilines is 1. The molecule has 1 aliphatic heterocycles. The van der Waals surface area contributed by atoms with Crippen LogP contribution in [0.3, 0.4) is 0 Å². The van der Waals surface area contributed by atoms with Crippen LogP contribution in [-0.2, 0) is 16.4 Å². The third-order valence-corrected chi connectivity index (χ3v) is 8.80. The maximum absolute atomic E-state index is 14.6. The Balaban J connectivity index is 1.57. The Morgan fingerprint density at radius 2 is 2.09 bits per heavy atom. The van der Waals surface area contributed by atoms with E-state index in [4.69, 9.17) is 37.1 Å². The van der Waals surface area contributed by atoms with Crippen LogP contribution in [0.1, 0.15) is 30.4 Å². The minimum atomic E-state index is -4.38. The molecule has 2 N–H and O–H groups in total. The number of allylic oxidation sites excluding steroid dienone is 1. The van der Waals surface area contributed by atoms with Gasteiger partial charge in [0, 0.05) is 18.2 Å². The van der Waals surface area contributed by atoms with Gasteiger partial charge in [0.2, 0.25) is 11.8 Å². The van der Waals surface area contributed by atoms with Gasteiger partial charge in [0.15, 0.2) is 4.90 Å². The first-order valence-electron chi connectivity index (χ1n) is 13.0. The Morgan fingerprint density at radius 3 is 2.81 bits per heavy atom. The second-order valence-corrected chi connectivity index (χ2v) is 12.2. The quantitative estimate of drug-likeness (QED) is 0.232. The maximum Gasteiger partial charge on any atom is 0.434 e. The SMILES string of the molecule is C/C(=C\c1ccc2c(c1)N(S(=O)(=O)c1cc(Cl)cnc1OCCO)C[C@H](CCc1n[nH]c(=O)o1)O2)c1c(F)cccc1Cl. The summed E-state index contributed by atoms with van der Waals surface area (Å²) in [6.45, 7) is 1.000. The van der Waals surface area contributed by atoms with Crippen LogP contribution in [0.5, 0.6) is 11.6 Å². The second kappa shape index (κ2) is 12.8. The third kappa shape index (κ3) is 6.69. The molecular weight excluding hydrogens is 626 g/mol. The summed E-state index contributed by atoms with van der Waals surface area (Å²) in [7, 11) is -4.38. The molecule has 3 heterocycles. The minimum Gasteiger partial charge on any atom is -0.486 e. The summed E-state index contributed by atoms with van der Waals surface area (Å²) in [6, 6.07) is 10.5. The van der Waals surface area contributed by atoms with Gasteiger partial charge in [-0.15, -0.1) is 5.10 Å². The van der Waals surface area contributed by atoms with Crippen LogP contribution in [0.25, 0.3) is 11.6 Å². The zero-order valence-corrected chi connectivity index (χ0v) is 24.9. The molecule has 0 bridgehead atoms. The third-order valence-electron chi connectivity index (χ3n) is 6.50. The number of fused-ring (bicyclic) bond motifs is 1. The number of aromatic amines is 1. The van der Waals surface area contributed by atoms with Crippen LogP contribution in [-0.4, -0.2) is 54.6 Å². The summed E-state index contributed by atoms with van der Waals surface area (Å²) in [5.41, 5.74) is 1.50. The van der Waals surface area contributed by atoms with E-state index in [1.807, 2.05) is 0 Å². The lowest BCUT2D eigenvalue weighted by atomic mass is 10.0. The van der Waals surface area contributed by atoms with Crippen molar-refractivity contribution in [3.8, 4) is 11.6 Å². The number of nitrogens with zero attached hydrogens (tertiary/aromatic N) is 3. The number of aryl methyl sites for hydroxylation is 1. The Hall–Kier alpha value is -3.91. The number of pyridine rings is 1. The van der Waals surface area contributed by atoms with Crippen molar-refractivity contribution in [2.45, 2.75) is 30.8 Å². The fourth-order valence-electron chi connectivity index (χ4n) is 4.61. The standard InChI is InChI=1S/C28H25Cl2FN4O7S/c1-16(26-20(30)3-2-4-21(26)31)11-17-5-7-23-22(12-17)35(15-19(41-23)6-8-25-33-34-28(37)42-25)43(38,39)24-13-18(29)14-32-27(24)40-10-9-36/h2-5,7,11-14,19,36H,6,8-10,15H2,1H3,(H,34,37)/b16-11+/t19-/m0/s1. The van der Waals surface area contributed by atoms with Crippen LogP contribution >= 0.6 is 23.2 Å². The molecule has 15 heteroatoms. The number of aromatic nitrogens is 3. The number of hydrogen-bond donors (Lipinski definition) is 2. The highest BCUT2D eigenvalue weighted by Crippen LogP contribution is 2.41. The average Bonchev–Trinajstić information content (AvgIpc) is 3.39. The summed E-state index contributed by atoms with van der Waals surface area (Å²) >= 11 is 12.4. The van der Waals surface area contributed by atoms with Crippen molar-refractivity contribution in [2.24, 2.45) is 0 Å². The number of ether oxygens (including phenoxy) is 2. The Labute approximate surface area is 255 Å². The van der Waals surface area contributed by atoms with Crippen molar-refractivity contribution in [1.82, 2.24) is 15.2 Å². The normalized spacial score (nSPS) is 15.2. The second-order valence-electron chi connectivity index (χ2n) is 9.50. The Bertz CT molecular complexity index is 1820. The van der Waals surface area contributed by atoms with E-state index >= 15 is 0 Å². The van der Waals surface area contributed by atoms with Gasteiger partial charge in [0.1, 0.15) is 24.3 Å². The lowest BCUT2D eigenvalue weighted by Crippen LogP contribution is -2.44. The lowest BCUT2D eigenvalue weighted by molar-refractivity contribution is 0.186. The molecule has 5 rings (SSSR count). The van der Waals surface area contributed by atoms with Gasteiger partial charge >= 0.3 is 5.76 Å². The summed E-state index contributed by atoms with van der Waals surface area (Å²) in [4.78, 5) is 15.0. The number of sulfonamides is 1. The molecule has 2 aromatic carbocycles. The van der Waals surface area contributed by atoms with E-state index in [-0.39, 0.29) is 76.3 Å². The molecule has 1 atom stereocenters. The molecule has 1 aliphatic rings. The van der Waals surface area contributed by atoms with Crippen molar-refractivity contribution < 1.29 is 31.8 Å². The number of benzene rings is 2. The molecule has 4 aromatic rings. The van der Waals surface area contributed by atoms with Gasteiger partial charge in [-0.3, -0.25) is 4.31 Å². The maximum atomic E-state index is 14.6. The summed E-state index contributed by atoms with van der Waals surface area (Å²) in [5, 5.41) is 15.5. The Morgan fingerprint density at radius 1 is 1.28 bits per heavy atom. The molecule has 0 radical (unpaired) electrons. The van der Waals surface area contributed by atoms with Crippen LogP contribution in [0.2, 0.25) is 10.0 Å². The molecule has 0 unspecified atom stereocenters. The van der Waals surface area contributed by atoms with Gasteiger partial charge in [0.05, 0.1) is 28.9 Å². The van der Waals surface area contributed by atoms with Gasteiger partial charge < -0.3 is 19.0 Å². The smallest absolute Gasteiger partial charge is 0.434 e. The molecule has 0 spiro atoms. The van der Waals surface area contributed by atoms with Gasteiger partial charge in [-0.25, -0.2) is 27.7 Å². The molecule has 2 aromatic heterocycles. The fraction of sp³-hybridized carbons (Fsp3) is 0.250. The van der Waals surface area contributed by atoms with Crippen molar-refractivity contribution >= 4 is 50.6 Å². The molecular formula is C28H25Cl2FN4O7S. The molecule has 0 saturated heterocycles. The monoisotopic (exact) mass is 650 g/mol.